The molecule has 1 aliphatic heterocycles. The molecule has 0 bridgehead atoms. The van der Waals surface area contributed by atoms with E-state index in [2.05, 4.69) is 4.74 Å². The molecule has 5 heteroatoms. The van der Waals surface area contributed by atoms with Crippen molar-refractivity contribution in [2.45, 2.75) is 18.4 Å². The molecule has 72 valence electrons. The smallest absolute Gasteiger partial charge is 0.307 e. The van der Waals surface area contributed by atoms with E-state index in [1.807, 2.05) is 0 Å². The minimum Gasteiger partial charge on any atom is -0.469 e. The molecule has 12 heavy (non-hydrogen) atoms. The molecule has 1 atom stereocenters. The second-order valence-electron chi connectivity index (χ2n) is 2.92. The van der Waals surface area contributed by atoms with Crippen molar-refractivity contribution in [2.75, 3.05) is 20.3 Å². The molecule has 0 aromatic carbocycles. The molecule has 0 aromatic heterocycles. The summed E-state index contributed by atoms with van der Waals surface area (Å²) in [5.74, 6) is -0.266. The van der Waals surface area contributed by atoms with Gasteiger partial charge in [-0.2, -0.15) is 0 Å². The summed E-state index contributed by atoms with van der Waals surface area (Å²) in [7, 11) is 1.36. The number of hydrogen-bond acceptors (Lipinski definition) is 4. The highest BCUT2D eigenvalue weighted by Gasteiger charge is 2.33. The molecule has 0 amide bonds. The highest BCUT2D eigenvalue weighted by Crippen LogP contribution is 2.19. The van der Waals surface area contributed by atoms with Crippen molar-refractivity contribution in [3.63, 3.8) is 0 Å². The van der Waals surface area contributed by atoms with Gasteiger partial charge in [0.25, 0.3) is 0 Å². The fourth-order valence-corrected chi connectivity index (χ4v) is 1.12. The van der Waals surface area contributed by atoms with Crippen LogP contribution in [0.4, 0.5) is 0 Å². The average Bonchev–Trinajstić information content (AvgIpc) is 2.36. The summed E-state index contributed by atoms with van der Waals surface area (Å²) in [6.45, 7) is 1.11. The van der Waals surface area contributed by atoms with Crippen molar-refractivity contribution in [3.05, 3.63) is 0 Å². The zero-order valence-corrected chi connectivity index (χ0v) is 7.86. The normalized spacial score (nSPS) is 27.8. The average molecular weight is 196 g/mol. The van der Waals surface area contributed by atoms with Crippen molar-refractivity contribution in [2.24, 2.45) is 5.73 Å². The fraction of sp³-hybridized carbons (Fsp3) is 0.857. The van der Waals surface area contributed by atoms with Gasteiger partial charge in [-0.05, 0) is 6.42 Å². The first-order valence-corrected chi connectivity index (χ1v) is 3.60. The van der Waals surface area contributed by atoms with Crippen molar-refractivity contribution >= 4 is 18.4 Å². The monoisotopic (exact) mass is 195 g/mol. The molecule has 0 aromatic rings. The zero-order chi connectivity index (χ0) is 8.32. The third-order valence-electron chi connectivity index (χ3n) is 1.86. The van der Waals surface area contributed by atoms with Crippen LogP contribution in [0, 0.1) is 0 Å². The van der Waals surface area contributed by atoms with Gasteiger partial charge in [-0.3, -0.25) is 4.79 Å². The second-order valence-corrected chi connectivity index (χ2v) is 2.92. The lowest BCUT2D eigenvalue weighted by Crippen LogP contribution is -2.42. The maximum Gasteiger partial charge on any atom is 0.307 e. The fourth-order valence-electron chi connectivity index (χ4n) is 1.12. The SMILES string of the molecule is COC(=O)CC1(N)CCOC1.Cl. The predicted molar refractivity (Wildman–Crippen MR) is 46.2 cm³/mol. The van der Waals surface area contributed by atoms with Crippen molar-refractivity contribution < 1.29 is 14.3 Å². The second kappa shape index (κ2) is 4.64. The van der Waals surface area contributed by atoms with Crippen molar-refractivity contribution in [3.8, 4) is 0 Å². The highest BCUT2D eigenvalue weighted by molar-refractivity contribution is 5.85. The van der Waals surface area contributed by atoms with Gasteiger partial charge in [0.2, 0.25) is 0 Å². The van der Waals surface area contributed by atoms with Gasteiger partial charge in [0, 0.05) is 6.61 Å². The van der Waals surface area contributed by atoms with Gasteiger partial charge in [-0.25, -0.2) is 0 Å². The Morgan fingerprint density at radius 3 is 2.83 bits per heavy atom. The van der Waals surface area contributed by atoms with E-state index in [1.54, 1.807) is 0 Å². The number of rotatable bonds is 2. The number of carbonyl (C=O) groups excluding carboxylic acids is 1. The van der Waals surface area contributed by atoms with Crippen molar-refractivity contribution in [1.82, 2.24) is 0 Å². The quantitative estimate of drug-likeness (QED) is 0.635. The number of methoxy groups -OCH3 is 1. The van der Waals surface area contributed by atoms with Crippen LogP contribution in [0.2, 0.25) is 0 Å². The van der Waals surface area contributed by atoms with Crippen LogP contribution in [-0.4, -0.2) is 31.8 Å². The van der Waals surface area contributed by atoms with Crippen LogP contribution in [0.5, 0.6) is 0 Å². The van der Waals surface area contributed by atoms with Crippen LogP contribution in [0.1, 0.15) is 12.8 Å². The van der Waals surface area contributed by atoms with E-state index in [1.165, 1.54) is 7.11 Å². The highest BCUT2D eigenvalue weighted by atomic mass is 35.5. The summed E-state index contributed by atoms with van der Waals surface area (Å²) >= 11 is 0. The minimum absolute atomic E-state index is 0. The van der Waals surface area contributed by atoms with E-state index in [4.69, 9.17) is 10.5 Å². The van der Waals surface area contributed by atoms with E-state index in [0.717, 1.165) is 6.42 Å². The molecular formula is C7H14ClNO3. The summed E-state index contributed by atoms with van der Waals surface area (Å²) < 4.78 is 9.58. The van der Waals surface area contributed by atoms with Crippen molar-refractivity contribution in [1.29, 1.82) is 0 Å². The van der Waals surface area contributed by atoms with E-state index in [9.17, 15) is 4.79 Å². The van der Waals surface area contributed by atoms with Crippen LogP contribution in [-0.2, 0) is 14.3 Å². The molecule has 1 rings (SSSR count). The number of nitrogens with two attached hydrogens (primary N) is 1. The van der Waals surface area contributed by atoms with Gasteiger partial charge in [-0.15, -0.1) is 12.4 Å². The van der Waals surface area contributed by atoms with Crippen LogP contribution in [0.3, 0.4) is 0 Å². The summed E-state index contributed by atoms with van der Waals surface area (Å²) in [5.41, 5.74) is 5.33. The minimum atomic E-state index is -0.479. The first-order chi connectivity index (χ1) is 5.16. The molecule has 0 saturated carbocycles. The topological polar surface area (TPSA) is 61.5 Å². The number of halogens is 1. The number of hydrogen-bond donors (Lipinski definition) is 1. The third kappa shape index (κ3) is 2.97. The largest absolute Gasteiger partial charge is 0.469 e. The molecule has 1 aliphatic rings. The molecule has 4 nitrogen and oxygen atoms in total. The number of ether oxygens (including phenoxy) is 2. The number of carbonyl (C=O) groups is 1. The zero-order valence-electron chi connectivity index (χ0n) is 7.04. The van der Waals surface area contributed by atoms with E-state index in [-0.39, 0.29) is 24.8 Å². The molecule has 0 aliphatic carbocycles. The van der Waals surface area contributed by atoms with E-state index in [0.29, 0.717) is 13.2 Å². The molecule has 1 saturated heterocycles. The van der Waals surface area contributed by atoms with Gasteiger partial charge in [0.15, 0.2) is 0 Å². The van der Waals surface area contributed by atoms with Gasteiger partial charge < -0.3 is 15.2 Å². The number of esters is 1. The van der Waals surface area contributed by atoms with Gasteiger partial charge in [-0.1, -0.05) is 0 Å². The summed E-state index contributed by atoms with van der Waals surface area (Å²) in [4.78, 5) is 10.8. The molecule has 1 heterocycles. The van der Waals surface area contributed by atoms with Crippen LogP contribution >= 0.6 is 12.4 Å². The Morgan fingerprint density at radius 2 is 2.42 bits per heavy atom. The molecule has 0 radical (unpaired) electrons. The maximum absolute atomic E-state index is 10.8. The maximum atomic E-state index is 10.8. The Hall–Kier alpha value is -0.320. The Morgan fingerprint density at radius 1 is 1.75 bits per heavy atom. The molecule has 1 fully saturated rings. The Balaban J connectivity index is 0.00000121. The van der Waals surface area contributed by atoms with E-state index < -0.39 is 5.54 Å². The Labute approximate surface area is 77.8 Å². The summed E-state index contributed by atoms with van der Waals surface area (Å²) in [6.07, 6.45) is 0.992. The molecule has 1 unspecified atom stereocenters. The predicted octanol–water partition coefficient (Wildman–Crippen LogP) is 0.0891. The van der Waals surface area contributed by atoms with Gasteiger partial charge in [0.1, 0.15) is 0 Å². The van der Waals surface area contributed by atoms with Crippen LogP contribution in [0.25, 0.3) is 0 Å². The Kier molecular flexibility index (Phi) is 4.52. The summed E-state index contributed by atoms with van der Waals surface area (Å²) in [5, 5.41) is 0. The van der Waals surface area contributed by atoms with Gasteiger partial charge >= 0.3 is 5.97 Å². The van der Waals surface area contributed by atoms with E-state index >= 15 is 0 Å². The van der Waals surface area contributed by atoms with Gasteiger partial charge in [0.05, 0.1) is 25.7 Å². The Bertz CT molecular complexity index is 157. The first kappa shape index (κ1) is 11.7. The standard InChI is InChI=1S/C7H13NO3.ClH/c1-10-6(9)4-7(8)2-3-11-5-7;/h2-5,8H2,1H3;1H. The third-order valence-corrected chi connectivity index (χ3v) is 1.86. The lowest BCUT2D eigenvalue weighted by molar-refractivity contribution is -0.142. The van der Waals surface area contributed by atoms with Crippen LogP contribution < -0.4 is 5.73 Å². The van der Waals surface area contributed by atoms with Crippen LogP contribution in [0.15, 0.2) is 0 Å². The lowest BCUT2D eigenvalue weighted by Gasteiger charge is -2.19. The first-order valence-electron chi connectivity index (χ1n) is 3.60. The molecule has 2 N–H and O–H groups in total. The lowest BCUT2D eigenvalue weighted by atomic mass is 9.96. The molecule has 0 spiro atoms. The molecular weight excluding hydrogens is 182 g/mol. The summed E-state index contributed by atoms with van der Waals surface area (Å²) in [6, 6.07) is 0.